The van der Waals surface area contributed by atoms with Crippen molar-refractivity contribution in [2.45, 2.75) is 26.4 Å². The van der Waals surface area contributed by atoms with Crippen LogP contribution in [0, 0.1) is 0 Å². The van der Waals surface area contributed by atoms with E-state index < -0.39 is 0 Å². The summed E-state index contributed by atoms with van der Waals surface area (Å²) in [6, 6.07) is 19.7. The van der Waals surface area contributed by atoms with E-state index >= 15 is 0 Å². The van der Waals surface area contributed by atoms with Crippen molar-refractivity contribution >= 4 is 16.9 Å². The van der Waals surface area contributed by atoms with Crippen LogP contribution in [0.1, 0.15) is 41.6 Å². The second-order valence-electron chi connectivity index (χ2n) is 8.77. The van der Waals surface area contributed by atoms with Crippen molar-refractivity contribution in [3.05, 3.63) is 102 Å². The van der Waals surface area contributed by atoms with Crippen LogP contribution in [0.25, 0.3) is 22.3 Å². The van der Waals surface area contributed by atoms with Crippen LogP contribution in [0.15, 0.2) is 89.9 Å². The molecular formula is C29H30N6O2. The van der Waals surface area contributed by atoms with Crippen LogP contribution in [0.5, 0.6) is 0 Å². The summed E-state index contributed by atoms with van der Waals surface area (Å²) in [5.74, 6) is 0.595. The average molecular weight is 495 g/mol. The first kappa shape index (κ1) is 24.4. The molecule has 0 radical (unpaired) electrons. The molecule has 188 valence electrons. The number of carbonyl (C=O) groups excluding carboxylic acids is 1. The first-order chi connectivity index (χ1) is 18.2. The quantitative estimate of drug-likeness (QED) is 0.296. The minimum Gasteiger partial charge on any atom is -0.467 e. The standard InChI is InChI=1S/C29H30N6O2/c1-3-34(4-2)27(21-10-6-5-7-11-21)19-31-29(36)24-16-26(22-12-8-14-30-17-22)33-28-25(24)18-32-35(28)20-23-13-9-15-37-23/h5-18,27H,3-4,19-20H2,1-2H3,(H,31,36). The van der Waals surface area contributed by atoms with E-state index in [4.69, 9.17) is 9.40 Å². The molecule has 4 heterocycles. The Morgan fingerprint density at radius 1 is 1.05 bits per heavy atom. The summed E-state index contributed by atoms with van der Waals surface area (Å²) in [6.07, 6.45) is 6.79. The number of furan rings is 1. The Morgan fingerprint density at radius 2 is 1.89 bits per heavy atom. The van der Waals surface area contributed by atoms with Gasteiger partial charge in [0.25, 0.3) is 5.91 Å². The molecule has 1 N–H and O–H groups in total. The van der Waals surface area contributed by atoms with Gasteiger partial charge in [-0.3, -0.25) is 14.7 Å². The molecule has 1 aromatic carbocycles. The van der Waals surface area contributed by atoms with E-state index in [1.165, 1.54) is 5.56 Å². The number of pyridine rings is 2. The molecule has 0 fully saturated rings. The highest BCUT2D eigenvalue weighted by Crippen LogP contribution is 2.26. The minimum atomic E-state index is -0.164. The third-order valence-electron chi connectivity index (χ3n) is 6.59. The normalized spacial score (nSPS) is 12.2. The van der Waals surface area contributed by atoms with Gasteiger partial charge in [0.15, 0.2) is 5.65 Å². The largest absolute Gasteiger partial charge is 0.467 e. The lowest BCUT2D eigenvalue weighted by atomic mass is 10.0. The zero-order valence-electron chi connectivity index (χ0n) is 21.0. The molecule has 0 saturated carbocycles. The van der Waals surface area contributed by atoms with E-state index in [2.05, 4.69) is 46.3 Å². The molecule has 4 aromatic heterocycles. The molecule has 0 bridgehead atoms. The highest BCUT2D eigenvalue weighted by Gasteiger charge is 2.22. The molecule has 1 unspecified atom stereocenters. The molecule has 0 aliphatic heterocycles. The van der Waals surface area contributed by atoms with E-state index in [1.54, 1.807) is 29.5 Å². The van der Waals surface area contributed by atoms with Gasteiger partial charge in [-0.1, -0.05) is 44.2 Å². The number of benzene rings is 1. The van der Waals surface area contributed by atoms with Gasteiger partial charge in [-0.2, -0.15) is 5.10 Å². The van der Waals surface area contributed by atoms with Gasteiger partial charge in [0.05, 0.1) is 35.1 Å². The van der Waals surface area contributed by atoms with Crippen LogP contribution in [-0.4, -0.2) is 50.2 Å². The van der Waals surface area contributed by atoms with Crippen molar-refractivity contribution in [2.75, 3.05) is 19.6 Å². The fraction of sp³-hybridized carbons (Fsp3) is 0.241. The summed E-state index contributed by atoms with van der Waals surface area (Å²) >= 11 is 0. The van der Waals surface area contributed by atoms with E-state index in [0.29, 0.717) is 35.4 Å². The predicted molar refractivity (Wildman–Crippen MR) is 143 cm³/mol. The number of hydrogen-bond donors (Lipinski definition) is 1. The van der Waals surface area contributed by atoms with E-state index in [-0.39, 0.29) is 11.9 Å². The third-order valence-corrected chi connectivity index (χ3v) is 6.59. The number of hydrogen-bond acceptors (Lipinski definition) is 6. The summed E-state index contributed by atoms with van der Waals surface area (Å²) in [5.41, 5.74) is 3.81. The lowest BCUT2D eigenvalue weighted by molar-refractivity contribution is 0.0936. The number of carbonyl (C=O) groups is 1. The van der Waals surface area contributed by atoms with E-state index in [0.717, 1.165) is 24.4 Å². The summed E-state index contributed by atoms with van der Waals surface area (Å²) in [4.78, 5) is 25.1. The van der Waals surface area contributed by atoms with Crippen LogP contribution in [0.4, 0.5) is 0 Å². The van der Waals surface area contributed by atoms with Crippen molar-refractivity contribution in [1.29, 1.82) is 0 Å². The van der Waals surface area contributed by atoms with Gasteiger partial charge in [0, 0.05) is 24.5 Å². The maximum absolute atomic E-state index is 13.7. The predicted octanol–water partition coefficient (Wildman–Crippen LogP) is 4.95. The maximum atomic E-state index is 13.7. The fourth-order valence-electron chi connectivity index (χ4n) is 4.65. The summed E-state index contributed by atoms with van der Waals surface area (Å²) in [5, 5.41) is 8.42. The molecule has 8 heteroatoms. The number of nitrogens with one attached hydrogen (secondary N) is 1. The van der Waals surface area contributed by atoms with Crippen LogP contribution < -0.4 is 5.32 Å². The van der Waals surface area contributed by atoms with Gasteiger partial charge in [-0.25, -0.2) is 9.67 Å². The lowest BCUT2D eigenvalue weighted by Crippen LogP contribution is -2.38. The summed E-state index contributed by atoms with van der Waals surface area (Å²) < 4.78 is 7.27. The molecule has 1 amide bonds. The second kappa shape index (κ2) is 11.2. The van der Waals surface area contributed by atoms with Crippen molar-refractivity contribution in [1.82, 2.24) is 30.0 Å². The molecule has 0 aliphatic rings. The zero-order chi connectivity index (χ0) is 25.6. The zero-order valence-corrected chi connectivity index (χ0v) is 21.0. The Balaban J connectivity index is 1.50. The van der Waals surface area contributed by atoms with Gasteiger partial charge in [-0.05, 0) is 49.0 Å². The number of nitrogens with zero attached hydrogens (tertiary/aromatic N) is 5. The molecule has 0 aliphatic carbocycles. The van der Waals surface area contributed by atoms with Gasteiger partial charge in [0.1, 0.15) is 12.3 Å². The molecule has 1 atom stereocenters. The highest BCUT2D eigenvalue weighted by atomic mass is 16.3. The molecule has 37 heavy (non-hydrogen) atoms. The number of rotatable bonds is 10. The second-order valence-corrected chi connectivity index (χ2v) is 8.77. The Bertz CT molecular complexity index is 1440. The van der Waals surface area contributed by atoms with Crippen LogP contribution >= 0.6 is 0 Å². The topological polar surface area (TPSA) is 89.1 Å². The van der Waals surface area contributed by atoms with Gasteiger partial charge >= 0.3 is 0 Å². The highest BCUT2D eigenvalue weighted by molar-refractivity contribution is 6.06. The number of fused-ring (bicyclic) bond motifs is 1. The number of amides is 1. The van der Waals surface area contributed by atoms with Crippen molar-refractivity contribution < 1.29 is 9.21 Å². The van der Waals surface area contributed by atoms with Crippen molar-refractivity contribution in [3.8, 4) is 11.3 Å². The Morgan fingerprint density at radius 3 is 2.59 bits per heavy atom. The number of aromatic nitrogens is 4. The monoisotopic (exact) mass is 494 g/mol. The Hall–Kier alpha value is -4.30. The third kappa shape index (κ3) is 5.29. The summed E-state index contributed by atoms with van der Waals surface area (Å²) in [7, 11) is 0. The van der Waals surface area contributed by atoms with Gasteiger partial charge in [-0.15, -0.1) is 0 Å². The molecule has 0 saturated heterocycles. The van der Waals surface area contributed by atoms with Gasteiger partial charge in [0.2, 0.25) is 0 Å². The van der Waals surface area contributed by atoms with Gasteiger partial charge < -0.3 is 9.73 Å². The average Bonchev–Trinajstić information content (AvgIpc) is 3.62. The molecule has 5 aromatic rings. The van der Waals surface area contributed by atoms with Crippen LogP contribution in [-0.2, 0) is 6.54 Å². The molecular weight excluding hydrogens is 464 g/mol. The molecule has 0 spiro atoms. The number of likely N-dealkylation sites (N-methyl/N-ethyl adjacent to an activating group) is 1. The van der Waals surface area contributed by atoms with Crippen LogP contribution in [0.2, 0.25) is 0 Å². The smallest absolute Gasteiger partial charge is 0.252 e. The first-order valence-corrected chi connectivity index (χ1v) is 12.5. The van der Waals surface area contributed by atoms with Crippen molar-refractivity contribution in [2.24, 2.45) is 0 Å². The van der Waals surface area contributed by atoms with Crippen LogP contribution in [0.3, 0.4) is 0 Å². The Kier molecular flexibility index (Phi) is 7.37. The Labute approximate surface area is 216 Å². The van der Waals surface area contributed by atoms with Crippen molar-refractivity contribution in [3.63, 3.8) is 0 Å². The fourth-order valence-corrected chi connectivity index (χ4v) is 4.65. The van der Waals surface area contributed by atoms with E-state index in [1.807, 2.05) is 48.5 Å². The first-order valence-electron chi connectivity index (χ1n) is 12.5. The van der Waals surface area contributed by atoms with E-state index in [9.17, 15) is 4.79 Å². The lowest BCUT2D eigenvalue weighted by Gasteiger charge is -2.30. The molecule has 5 rings (SSSR count). The minimum absolute atomic E-state index is 0.0666. The maximum Gasteiger partial charge on any atom is 0.252 e. The molecule has 8 nitrogen and oxygen atoms in total. The summed E-state index contributed by atoms with van der Waals surface area (Å²) in [6.45, 7) is 6.95. The SMILES string of the molecule is CCN(CC)C(CNC(=O)c1cc(-c2cccnc2)nc2c1cnn2Cc1ccco1)c1ccccc1.